The Morgan fingerprint density at radius 3 is 2.50 bits per heavy atom. The number of nitrogens with one attached hydrogen (secondary N) is 1. The summed E-state index contributed by atoms with van der Waals surface area (Å²) in [7, 11) is 0. The van der Waals surface area contributed by atoms with Crippen LogP contribution >= 0.6 is 11.6 Å². The minimum atomic E-state index is -0.651. The second kappa shape index (κ2) is 9.15. The van der Waals surface area contributed by atoms with Gasteiger partial charge in [0.2, 0.25) is 0 Å². The number of aryl methyl sites for hydroxylation is 2. The Morgan fingerprint density at radius 1 is 1.03 bits per heavy atom. The van der Waals surface area contributed by atoms with Gasteiger partial charge in [-0.15, -0.1) is 0 Å². The summed E-state index contributed by atoms with van der Waals surface area (Å²) in [6.07, 6.45) is 0.602. The van der Waals surface area contributed by atoms with Crippen LogP contribution in [0.25, 0.3) is 0 Å². The van der Waals surface area contributed by atoms with Crippen molar-refractivity contribution in [2.45, 2.75) is 32.8 Å². The number of anilines is 2. The first kappa shape index (κ1) is 22.1. The van der Waals surface area contributed by atoms with Crippen LogP contribution in [0.3, 0.4) is 0 Å². The van der Waals surface area contributed by atoms with Gasteiger partial charge < -0.3 is 15.3 Å². The molecule has 3 aromatic rings. The standard InChI is InChI=1S/C26H25ClN2O3/c1-16-5-7-18(8-6-16)25(31)28-20-10-11-21(17(2)14-20)26(32)29-13-3-4-24(30)22-15-19(27)9-12-23(22)29/h5-12,14-15,24,30H,3-4,13H2,1-2H3,(H,28,31). The number of carbonyl (C=O) groups is 2. The number of amides is 2. The SMILES string of the molecule is Cc1ccc(C(=O)Nc2ccc(C(=O)N3CCCC(O)c4cc(Cl)ccc43)c(C)c2)cc1. The highest BCUT2D eigenvalue weighted by atomic mass is 35.5. The molecule has 1 atom stereocenters. The lowest BCUT2D eigenvalue weighted by molar-refractivity contribution is 0.0985. The average Bonchev–Trinajstić information content (AvgIpc) is 2.92. The van der Waals surface area contributed by atoms with Gasteiger partial charge in [-0.05, 0) is 80.8 Å². The summed E-state index contributed by atoms with van der Waals surface area (Å²) in [5.41, 5.74) is 4.95. The molecule has 0 bridgehead atoms. The van der Waals surface area contributed by atoms with Crippen molar-refractivity contribution < 1.29 is 14.7 Å². The van der Waals surface area contributed by atoms with Crippen molar-refractivity contribution in [3.63, 3.8) is 0 Å². The lowest BCUT2D eigenvalue weighted by Crippen LogP contribution is -2.32. The molecule has 6 heteroatoms. The van der Waals surface area contributed by atoms with Gasteiger partial charge in [0.1, 0.15) is 0 Å². The Kier molecular flexibility index (Phi) is 6.31. The number of carbonyl (C=O) groups excluding carboxylic acids is 2. The number of rotatable bonds is 3. The number of nitrogens with zero attached hydrogens (tertiary/aromatic N) is 1. The fourth-order valence-electron chi connectivity index (χ4n) is 4.00. The summed E-state index contributed by atoms with van der Waals surface area (Å²) in [5, 5.41) is 13.9. The third-order valence-electron chi connectivity index (χ3n) is 5.77. The van der Waals surface area contributed by atoms with E-state index in [-0.39, 0.29) is 11.8 Å². The lowest BCUT2D eigenvalue weighted by Gasteiger charge is -2.24. The number of fused-ring (bicyclic) bond motifs is 1. The maximum Gasteiger partial charge on any atom is 0.258 e. The molecule has 0 aliphatic carbocycles. The Balaban J connectivity index is 1.58. The molecule has 0 saturated heterocycles. The van der Waals surface area contributed by atoms with E-state index in [9.17, 15) is 14.7 Å². The number of halogens is 1. The van der Waals surface area contributed by atoms with Crippen molar-refractivity contribution in [1.29, 1.82) is 0 Å². The second-order valence-corrected chi connectivity index (χ2v) is 8.60. The fourth-order valence-corrected chi connectivity index (χ4v) is 4.18. The van der Waals surface area contributed by atoms with E-state index in [1.54, 1.807) is 53.4 Å². The quantitative estimate of drug-likeness (QED) is 0.541. The van der Waals surface area contributed by atoms with E-state index in [1.165, 1.54) is 0 Å². The first-order chi connectivity index (χ1) is 15.3. The van der Waals surface area contributed by atoms with Crippen molar-refractivity contribution in [3.8, 4) is 0 Å². The number of benzene rings is 3. The van der Waals surface area contributed by atoms with Crippen LogP contribution in [0.1, 0.15) is 56.4 Å². The van der Waals surface area contributed by atoms with Gasteiger partial charge >= 0.3 is 0 Å². The number of aliphatic hydroxyl groups excluding tert-OH is 1. The van der Waals surface area contributed by atoms with Gasteiger partial charge in [0.15, 0.2) is 0 Å². The third kappa shape index (κ3) is 4.54. The molecule has 1 unspecified atom stereocenters. The van der Waals surface area contributed by atoms with Crippen LogP contribution < -0.4 is 10.2 Å². The molecule has 32 heavy (non-hydrogen) atoms. The number of hydrogen-bond donors (Lipinski definition) is 2. The van der Waals surface area contributed by atoms with Gasteiger partial charge in [0, 0.05) is 39.6 Å². The summed E-state index contributed by atoms with van der Waals surface area (Å²) in [6.45, 7) is 4.33. The topological polar surface area (TPSA) is 69.6 Å². The molecule has 0 fully saturated rings. The van der Waals surface area contributed by atoms with Gasteiger partial charge in [-0.2, -0.15) is 0 Å². The molecule has 164 valence electrons. The van der Waals surface area contributed by atoms with Crippen LogP contribution in [0.4, 0.5) is 11.4 Å². The zero-order chi connectivity index (χ0) is 22.8. The Hall–Kier alpha value is -3.15. The van der Waals surface area contributed by atoms with Gasteiger partial charge in [-0.3, -0.25) is 9.59 Å². The molecule has 2 N–H and O–H groups in total. The Labute approximate surface area is 192 Å². The van der Waals surface area contributed by atoms with Crippen molar-refractivity contribution in [1.82, 2.24) is 0 Å². The molecule has 5 nitrogen and oxygen atoms in total. The third-order valence-corrected chi connectivity index (χ3v) is 6.01. The minimum Gasteiger partial charge on any atom is -0.388 e. The highest BCUT2D eigenvalue weighted by molar-refractivity contribution is 6.30. The predicted octanol–water partition coefficient (Wildman–Crippen LogP) is 5.68. The van der Waals surface area contributed by atoms with Gasteiger partial charge in [0.25, 0.3) is 11.8 Å². The summed E-state index contributed by atoms with van der Waals surface area (Å²) >= 11 is 6.13. The van der Waals surface area contributed by atoms with Crippen LogP contribution in [-0.2, 0) is 0 Å². The summed E-state index contributed by atoms with van der Waals surface area (Å²) in [6, 6.07) is 17.9. The van der Waals surface area contributed by atoms with E-state index in [1.807, 2.05) is 26.0 Å². The smallest absolute Gasteiger partial charge is 0.258 e. The van der Waals surface area contributed by atoms with Crippen molar-refractivity contribution >= 4 is 34.8 Å². The maximum atomic E-state index is 13.4. The van der Waals surface area contributed by atoms with Gasteiger partial charge in [-0.1, -0.05) is 29.3 Å². The van der Waals surface area contributed by atoms with Crippen LogP contribution in [0.15, 0.2) is 60.7 Å². The Bertz CT molecular complexity index is 1170. The van der Waals surface area contributed by atoms with E-state index in [2.05, 4.69) is 5.32 Å². The van der Waals surface area contributed by atoms with Crippen LogP contribution in [0, 0.1) is 13.8 Å². The van der Waals surface area contributed by atoms with E-state index >= 15 is 0 Å². The van der Waals surface area contributed by atoms with Crippen molar-refractivity contribution in [2.24, 2.45) is 0 Å². The highest BCUT2D eigenvalue weighted by Gasteiger charge is 2.27. The molecule has 0 aromatic heterocycles. The molecule has 1 aliphatic heterocycles. The molecular formula is C26H25ClN2O3. The van der Waals surface area contributed by atoms with Crippen molar-refractivity contribution in [3.05, 3.63) is 93.5 Å². The Morgan fingerprint density at radius 2 is 1.78 bits per heavy atom. The average molecular weight is 449 g/mol. The molecule has 1 heterocycles. The van der Waals surface area contributed by atoms with Gasteiger partial charge in [-0.25, -0.2) is 0 Å². The lowest BCUT2D eigenvalue weighted by atomic mass is 10.0. The number of aliphatic hydroxyl groups is 1. The summed E-state index contributed by atoms with van der Waals surface area (Å²) in [5.74, 6) is -0.340. The molecule has 1 aliphatic rings. The molecule has 2 amide bonds. The van der Waals surface area contributed by atoms with Crippen LogP contribution in [-0.4, -0.2) is 23.5 Å². The zero-order valence-corrected chi connectivity index (χ0v) is 18.8. The maximum absolute atomic E-state index is 13.4. The summed E-state index contributed by atoms with van der Waals surface area (Å²) < 4.78 is 0. The molecular weight excluding hydrogens is 424 g/mol. The molecule has 0 saturated carbocycles. The summed E-state index contributed by atoms with van der Waals surface area (Å²) in [4.78, 5) is 27.7. The largest absolute Gasteiger partial charge is 0.388 e. The molecule has 3 aromatic carbocycles. The van der Waals surface area contributed by atoms with Gasteiger partial charge in [0.05, 0.1) is 6.10 Å². The number of hydrogen-bond acceptors (Lipinski definition) is 3. The first-order valence-electron chi connectivity index (χ1n) is 10.6. The monoisotopic (exact) mass is 448 g/mol. The normalized spacial score (nSPS) is 15.6. The zero-order valence-electron chi connectivity index (χ0n) is 18.1. The van der Waals surface area contributed by atoms with Crippen LogP contribution in [0.2, 0.25) is 5.02 Å². The van der Waals surface area contributed by atoms with E-state index in [4.69, 9.17) is 11.6 Å². The highest BCUT2D eigenvalue weighted by Crippen LogP contribution is 2.36. The predicted molar refractivity (Wildman–Crippen MR) is 128 cm³/mol. The first-order valence-corrected chi connectivity index (χ1v) is 11.0. The fraction of sp³-hybridized carbons (Fsp3) is 0.231. The second-order valence-electron chi connectivity index (χ2n) is 8.17. The van der Waals surface area contributed by atoms with Crippen LogP contribution in [0.5, 0.6) is 0 Å². The molecule has 4 rings (SSSR count). The van der Waals surface area contributed by atoms with E-state index < -0.39 is 6.10 Å². The van der Waals surface area contributed by atoms with E-state index in [0.717, 1.165) is 11.1 Å². The van der Waals surface area contributed by atoms with Crippen molar-refractivity contribution in [2.75, 3.05) is 16.8 Å². The molecule has 0 spiro atoms. The van der Waals surface area contributed by atoms with E-state index in [0.29, 0.717) is 52.5 Å². The minimum absolute atomic E-state index is 0.142. The molecule has 0 radical (unpaired) electrons.